The van der Waals surface area contributed by atoms with Gasteiger partial charge in [-0.05, 0) is 42.0 Å². The summed E-state index contributed by atoms with van der Waals surface area (Å²) in [5.74, 6) is -0.796. The van der Waals surface area contributed by atoms with Crippen molar-refractivity contribution in [2.75, 3.05) is 0 Å². The minimum Gasteiger partial charge on any atom is -0.322 e. The molecule has 2 aromatic rings. The molecule has 3 aliphatic rings. The molecule has 5 rings (SSSR count). The number of rotatable bonds is 5. The van der Waals surface area contributed by atoms with Gasteiger partial charge >= 0.3 is 0 Å². The molecule has 2 fully saturated rings. The van der Waals surface area contributed by atoms with E-state index < -0.39 is 6.04 Å². The van der Waals surface area contributed by atoms with Crippen molar-refractivity contribution < 1.29 is 14.4 Å². The van der Waals surface area contributed by atoms with Crippen molar-refractivity contribution >= 4 is 17.7 Å². The van der Waals surface area contributed by atoms with Gasteiger partial charge in [-0.15, -0.1) is 0 Å². The van der Waals surface area contributed by atoms with Crippen LogP contribution in [0.5, 0.6) is 0 Å². The van der Waals surface area contributed by atoms with Gasteiger partial charge in [0.15, 0.2) is 0 Å². The van der Waals surface area contributed by atoms with E-state index in [0.717, 1.165) is 24.0 Å². The number of carbonyl (C=O) groups is 3. The molecule has 4 N–H and O–H groups in total. The SMILES string of the molecule is NC1(c2ccccc2)CC(NCc2ccc3c(c2)CN(C2CCC(=O)NC2=O)C3=O)C1. The van der Waals surface area contributed by atoms with E-state index >= 15 is 0 Å². The lowest BCUT2D eigenvalue weighted by atomic mass is 9.69. The molecule has 0 radical (unpaired) electrons. The zero-order valence-corrected chi connectivity index (χ0v) is 17.3. The minimum atomic E-state index is -0.579. The summed E-state index contributed by atoms with van der Waals surface area (Å²) >= 11 is 0. The van der Waals surface area contributed by atoms with E-state index in [2.05, 4.69) is 22.8 Å². The van der Waals surface area contributed by atoms with Gasteiger partial charge in [0.25, 0.3) is 5.91 Å². The molecule has 160 valence electrons. The standard InChI is InChI=1S/C24H26N4O3/c25-24(17-4-2-1-3-5-17)11-18(12-24)26-13-15-6-7-19-16(10-15)14-28(23(19)31)20-8-9-21(29)27-22(20)30/h1-7,10,18,20,26H,8-9,11-14,25H2,(H,27,29,30). The van der Waals surface area contributed by atoms with Crippen molar-refractivity contribution in [2.24, 2.45) is 5.73 Å². The summed E-state index contributed by atoms with van der Waals surface area (Å²) in [4.78, 5) is 38.0. The summed E-state index contributed by atoms with van der Waals surface area (Å²) in [5, 5.41) is 5.91. The summed E-state index contributed by atoms with van der Waals surface area (Å²) in [6.07, 6.45) is 2.43. The highest BCUT2D eigenvalue weighted by atomic mass is 16.2. The summed E-state index contributed by atoms with van der Waals surface area (Å²) in [6.45, 7) is 1.10. The van der Waals surface area contributed by atoms with Gasteiger partial charge in [-0.1, -0.05) is 42.5 Å². The maximum Gasteiger partial charge on any atom is 0.255 e. The number of nitrogens with one attached hydrogen (secondary N) is 2. The van der Waals surface area contributed by atoms with Gasteiger partial charge in [0.05, 0.1) is 0 Å². The number of hydrogen-bond donors (Lipinski definition) is 3. The number of piperidine rings is 1. The maximum absolute atomic E-state index is 12.8. The molecule has 31 heavy (non-hydrogen) atoms. The van der Waals surface area contributed by atoms with Crippen molar-refractivity contribution in [3.63, 3.8) is 0 Å². The van der Waals surface area contributed by atoms with Crippen LogP contribution in [0.4, 0.5) is 0 Å². The third-order valence-corrected chi connectivity index (χ3v) is 6.75. The van der Waals surface area contributed by atoms with Gasteiger partial charge in [-0.3, -0.25) is 19.7 Å². The van der Waals surface area contributed by atoms with Crippen LogP contribution in [0.3, 0.4) is 0 Å². The number of hydrogen-bond acceptors (Lipinski definition) is 5. The molecule has 1 unspecified atom stereocenters. The Balaban J connectivity index is 1.19. The maximum atomic E-state index is 12.8. The third-order valence-electron chi connectivity index (χ3n) is 6.75. The van der Waals surface area contributed by atoms with E-state index in [0.29, 0.717) is 31.1 Å². The fourth-order valence-corrected chi connectivity index (χ4v) is 4.97. The number of carbonyl (C=O) groups excluding carboxylic acids is 3. The molecule has 2 aliphatic heterocycles. The molecule has 1 atom stereocenters. The highest BCUT2D eigenvalue weighted by Gasteiger charge is 2.42. The molecule has 7 heteroatoms. The second kappa shape index (κ2) is 7.59. The number of nitrogens with two attached hydrogens (primary N) is 1. The van der Waals surface area contributed by atoms with Gasteiger partial charge in [0, 0.05) is 36.7 Å². The van der Waals surface area contributed by atoms with Gasteiger partial charge < -0.3 is 16.0 Å². The second-order valence-corrected chi connectivity index (χ2v) is 8.90. The summed E-state index contributed by atoms with van der Waals surface area (Å²) < 4.78 is 0. The molecule has 1 saturated carbocycles. The van der Waals surface area contributed by atoms with Crippen molar-refractivity contribution in [3.05, 3.63) is 70.8 Å². The van der Waals surface area contributed by atoms with Crippen LogP contribution in [-0.2, 0) is 28.2 Å². The fourth-order valence-electron chi connectivity index (χ4n) is 4.97. The van der Waals surface area contributed by atoms with Crippen LogP contribution in [0.15, 0.2) is 48.5 Å². The molecule has 1 saturated heterocycles. The largest absolute Gasteiger partial charge is 0.322 e. The van der Waals surface area contributed by atoms with E-state index in [1.54, 1.807) is 4.90 Å². The number of benzene rings is 2. The van der Waals surface area contributed by atoms with Crippen LogP contribution in [-0.4, -0.2) is 34.7 Å². The lowest BCUT2D eigenvalue weighted by Gasteiger charge is -2.46. The molecule has 0 spiro atoms. The van der Waals surface area contributed by atoms with Gasteiger partial charge in [-0.2, -0.15) is 0 Å². The first-order valence-electron chi connectivity index (χ1n) is 10.8. The summed E-state index contributed by atoms with van der Waals surface area (Å²) in [5.41, 5.74) is 10.1. The van der Waals surface area contributed by atoms with E-state index in [9.17, 15) is 14.4 Å². The van der Waals surface area contributed by atoms with Gasteiger partial charge in [0.2, 0.25) is 11.8 Å². The minimum absolute atomic E-state index is 0.140. The fraction of sp³-hybridized carbons (Fsp3) is 0.375. The van der Waals surface area contributed by atoms with Crippen LogP contribution in [0, 0.1) is 0 Å². The Bertz CT molecular complexity index is 1050. The Morgan fingerprint density at radius 3 is 2.61 bits per heavy atom. The Kier molecular flexibility index (Phi) is 4.87. The van der Waals surface area contributed by atoms with Crippen molar-refractivity contribution in [1.82, 2.24) is 15.5 Å². The first kappa shape index (κ1) is 19.9. The molecule has 0 bridgehead atoms. The molecule has 1 aliphatic carbocycles. The topological polar surface area (TPSA) is 105 Å². The Morgan fingerprint density at radius 1 is 1.10 bits per heavy atom. The summed E-state index contributed by atoms with van der Waals surface area (Å²) in [7, 11) is 0. The first-order valence-corrected chi connectivity index (χ1v) is 10.8. The zero-order chi connectivity index (χ0) is 21.6. The second-order valence-electron chi connectivity index (χ2n) is 8.90. The van der Waals surface area contributed by atoms with Crippen molar-refractivity contribution in [1.29, 1.82) is 0 Å². The zero-order valence-electron chi connectivity index (χ0n) is 17.3. The van der Waals surface area contributed by atoms with Crippen LogP contribution in [0.1, 0.15) is 52.7 Å². The van der Waals surface area contributed by atoms with Crippen LogP contribution < -0.4 is 16.4 Å². The first-order chi connectivity index (χ1) is 14.9. The molecule has 2 heterocycles. The van der Waals surface area contributed by atoms with Crippen molar-refractivity contribution in [3.8, 4) is 0 Å². The molecule has 2 aromatic carbocycles. The van der Waals surface area contributed by atoms with Gasteiger partial charge in [0.1, 0.15) is 6.04 Å². The molecule has 0 aromatic heterocycles. The lowest BCUT2D eigenvalue weighted by molar-refractivity contribution is -0.136. The van der Waals surface area contributed by atoms with Crippen LogP contribution in [0.2, 0.25) is 0 Å². The smallest absolute Gasteiger partial charge is 0.255 e. The number of fused-ring (bicyclic) bond motifs is 1. The highest BCUT2D eigenvalue weighted by molar-refractivity contribution is 6.05. The number of amides is 3. The van der Waals surface area contributed by atoms with E-state index in [-0.39, 0.29) is 29.7 Å². The van der Waals surface area contributed by atoms with Gasteiger partial charge in [-0.25, -0.2) is 0 Å². The normalized spacial score (nSPS) is 27.6. The predicted molar refractivity (Wildman–Crippen MR) is 115 cm³/mol. The highest BCUT2D eigenvalue weighted by Crippen LogP contribution is 2.39. The number of imide groups is 1. The molecule has 3 amide bonds. The predicted octanol–water partition coefficient (Wildman–Crippen LogP) is 1.55. The van der Waals surface area contributed by atoms with Crippen LogP contribution in [0.25, 0.3) is 0 Å². The van der Waals surface area contributed by atoms with E-state index in [1.807, 2.05) is 36.4 Å². The average Bonchev–Trinajstić information content (AvgIpc) is 3.06. The average molecular weight is 418 g/mol. The molecule has 7 nitrogen and oxygen atoms in total. The summed E-state index contributed by atoms with van der Waals surface area (Å²) in [6, 6.07) is 15.8. The number of nitrogens with zero attached hydrogens (tertiary/aromatic N) is 1. The Morgan fingerprint density at radius 2 is 1.87 bits per heavy atom. The monoisotopic (exact) mass is 418 g/mol. The quantitative estimate of drug-likeness (QED) is 0.639. The third kappa shape index (κ3) is 3.64. The molecular formula is C24H26N4O3. The van der Waals surface area contributed by atoms with E-state index in [1.165, 1.54) is 5.56 Å². The van der Waals surface area contributed by atoms with Crippen LogP contribution >= 0.6 is 0 Å². The van der Waals surface area contributed by atoms with Crippen molar-refractivity contribution in [2.45, 2.75) is 56.4 Å². The Hall–Kier alpha value is -3.03. The Labute approximate surface area is 181 Å². The molecular weight excluding hydrogens is 392 g/mol. The lowest BCUT2D eigenvalue weighted by Crippen LogP contribution is -2.56. The van der Waals surface area contributed by atoms with E-state index in [4.69, 9.17) is 5.73 Å².